The molecule has 21 heavy (non-hydrogen) atoms. The molecule has 1 aromatic carbocycles. The van der Waals surface area contributed by atoms with E-state index in [1.54, 1.807) is 6.92 Å². The number of esters is 1. The lowest BCUT2D eigenvalue weighted by Crippen LogP contribution is -2.42. The molecule has 1 aromatic rings. The molecule has 0 bridgehead atoms. The van der Waals surface area contributed by atoms with E-state index in [4.69, 9.17) is 4.74 Å². The summed E-state index contributed by atoms with van der Waals surface area (Å²) >= 11 is 2.96. The molecule has 0 saturated carbocycles. The molecule has 2 rings (SSSR count). The molecule has 1 heterocycles. The van der Waals surface area contributed by atoms with E-state index in [0.29, 0.717) is 12.8 Å². The van der Waals surface area contributed by atoms with Crippen LogP contribution in [-0.2, 0) is 9.53 Å². The Morgan fingerprint density at radius 1 is 1.38 bits per heavy atom. The summed E-state index contributed by atoms with van der Waals surface area (Å²) in [7, 11) is 0. The van der Waals surface area contributed by atoms with E-state index in [2.05, 4.69) is 15.9 Å². The summed E-state index contributed by atoms with van der Waals surface area (Å²) in [4.78, 5) is 25.3. The molecular weight excluding hydrogens is 348 g/mol. The first-order chi connectivity index (χ1) is 9.95. The molecule has 0 aliphatic carbocycles. The number of carbonyl (C=O) groups is 2. The molecule has 1 aliphatic heterocycles. The number of hydrogen-bond donors (Lipinski definition) is 0. The Bertz CT molecular complexity index is 556. The molecule has 0 aromatic heterocycles. The van der Waals surface area contributed by atoms with Gasteiger partial charge < -0.3 is 9.64 Å². The van der Waals surface area contributed by atoms with Crippen molar-refractivity contribution in [3.63, 3.8) is 0 Å². The first-order valence-corrected chi connectivity index (χ1v) is 7.37. The van der Waals surface area contributed by atoms with Gasteiger partial charge in [0, 0.05) is 11.0 Å². The summed E-state index contributed by atoms with van der Waals surface area (Å²) in [6.07, 6.45) is 1.03. The number of likely N-dealkylation sites (tertiary alicyclic amines) is 1. The van der Waals surface area contributed by atoms with E-state index in [1.165, 1.54) is 4.90 Å². The van der Waals surface area contributed by atoms with Crippen molar-refractivity contribution in [3.05, 3.63) is 33.8 Å². The monoisotopic (exact) mass is 361 g/mol. The first kappa shape index (κ1) is 15.9. The van der Waals surface area contributed by atoms with Crippen LogP contribution in [0.4, 0.5) is 8.78 Å². The molecule has 1 amide bonds. The van der Waals surface area contributed by atoms with Crippen LogP contribution >= 0.6 is 15.9 Å². The second-order valence-electron chi connectivity index (χ2n) is 4.65. The van der Waals surface area contributed by atoms with Gasteiger partial charge >= 0.3 is 5.97 Å². The maximum Gasteiger partial charge on any atom is 0.328 e. The van der Waals surface area contributed by atoms with Gasteiger partial charge in [0.25, 0.3) is 5.91 Å². The number of hydrogen-bond acceptors (Lipinski definition) is 3. The Labute approximate surface area is 129 Å². The van der Waals surface area contributed by atoms with Gasteiger partial charge in [-0.25, -0.2) is 13.6 Å². The van der Waals surface area contributed by atoms with E-state index in [9.17, 15) is 18.4 Å². The fourth-order valence-electron chi connectivity index (χ4n) is 2.38. The smallest absolute Gasteiger partial charge is 0.328 e. The molecule has 0 N–H and O–H groups in total. The maximum absolute atomic E-state index is 13.9. The number of rotatable bonds is 3. The Morgan fingerprint density at radius 3 is 2.57 bits per heavy atom. The van der Waals surface area contributed by atoms with E-state index in [0.717, 1.165) is 12.1 Å². The lowest BCUT2D eigenvalue weighted by Gasteiger charge is -2.23. The minimum atomic E-state index is -0.957. The van der Waals surface area contributed by atoms with Gasteiger partial charge in [-0.2, -0.15) is 0 Å². The molecule has 1 atom stereocenters. The minimum absolute atomic E-state index is 0.193. The van der Waals surface area contributed by atoms with Crippen molar-refractivity contribution >= 4 is 27.8 Å². The number of benzene rings is 1. The van der Waals surface area contributed by atoms with Crippen molar-refractivity contribution in [1.29, 1.82) is 0 Å². The highest BCUT2D eigenvalue weighted by Crippen LogP contribution is 2.25. The van der Waals surface area contributed by atoms with E-state index in [1.807, 2.05) is 0 Å². The van der Waals surface area contributed by atoms with Gasteiger partial charge in [0.2, 0.25) is 0 Å². The van der Waals surface area contributed by atoms with Crippen molar-refractivity contribution in [1.82, 2.24) is 4.90 Å². The molecule has 0 radical (unpaired) electrons. The van der Waals surface area contributed by atoms with Crippen molar-refractivity contribution < 1.29 is 23.1 Å². The molecule has 1 unspecified atom stereocenters. The standard InChI is InChI=1S/C14H14BrF2NO3/c1-2-21-14(20)11-4-3-5-18(11)13(19)12-9(16)6-8(15)7-10(12)17/h6-7,11H,2-5H2,1H3. The van der Waals surface area contributed by atoms with Crippen LogP contribution in [0.3, 0.4) is 0 Å². The molecule has 4 nitrogen and oxygen atoms in total. The molecule has 1 aliphatic rings. The Balaban J connectivity index is 2.29. The number of nitrogens with zero attached hydrogens (tertiary/aromatic N) is 1. The van der Waals surface area contributed by atoms with Gasteiger partial charge in [-0.15, -0.1) is 0 Å². The van der Waals surface area contributed by atoms with Gasteiger partial charge in [-0.05, 0) is 31.9 Å². The number of amides is 1. The zero-order valence-electron chi connectivity index (χ0n) is 11.4. The van der Waals surface area contributed by atoms with Gasteiger partial charge in [-0.3, -0.25) is 4.79 Å². The predicted molar refractivity (Wildman–Crippen MR) is 74.7 cm³/mol. The molecule has 0 spiro atoms. The first-order valence-electron chi connectivity index (χ1n) is 6.57. The minimum Gasteiger partial charge on any atom is -0.464 e. The lowest BCUT2D eigenvalue weighted by molar-refractivity contribution is -0.147. The Kier molecular flexibility index (Phi) is 4.92. The van der Waals surface area contributed by atoms with Gasteiger partial charge in [0.1, 0.15) is 23.2 Å². The maximum atomic E-state index is 13.9. The Morgan fingerprint density at radius 2 is 2.00 bits per heavy atom. The zero-order chi connectivity index (χ0) is 15.6. The number of halogens is 3. The molecular formula is C14H14BrF2NO3. The third-order valence-electron chi connectivity index (χ3n) is 3.29. The second-order valence-corrected chi connectivity index (χ2v) is 5.57. The number of carbonyl (C=O) groups excluding carboxylic acids is 2. The van der Waals surface area contributed by atoms with Crippen LogP contribution < -0.4 is 0 Å². The summed E-state index contributed by atoms with van der Waals surface area (Å²) in [5.41, 5.74) is -0.644. The van der Waals surface area contributed by atoms with Crippen molar-refractivity contribution in [3.8, 4) is 0 Å². The SMILES string of the molecule is CCOC(=O)C1CCCN1C(=O)c1c(F)cc(Br)cc1F. The Hall–Kier alpha value is -1.50. The molecule has 114 valence electrons. The predicted octanol–water partition coefficient (Wildman–Crippen LogP) is 2.90. The van der Waals surface area contributed by atoms with Crippen LogP contribution in [0.15, 0.2) is 16.6 Å². The summed E-state index contributed by atoms with van der Waals surface area (Å²) < 4.78 is 32.8. The normalized spacial score (nSPS) is 17.9. The quantitative estimate of drug-likeness (QED) is 0.777. The highest BCUT2D eigenvalue weighted by Gasteiger charge is 2.37. The fraction of sp³-hybridized carbons (Fsp3) is 0.429. The van der Waals surface area contributed by atoms with Crippen LogP contribution in [0, 0.1) is 11.6 Å². The van der Waals surface area contributed by atoms with E-state index in [-0.39, 0.29) is 17.6 Å². The molecule has 1 saturated heterocycles. The molecule has 1 fully saturated rings. The van der Waals surface area contributed by atoms with Crippen LogP contribution in [-0.4, -0.2) is 36.0 Å². The van der Waals surface area contributed by atoms with Crippen molar-refractivity contribution in [2.24, 2.45) is 0 Å². The summed E-state index contributed by atoms with van der Waals surface area (Å²) in [5, 5.41) is 0. The van der Waals surface area contributed by atoms with Gasteiger partial charge in [0.15, 0.2) is 0 Å². The fourth-order valence-corrected chi connectivity index (χ4v) is 2.79. The third-order valence-corrected chi connectivity index (χ3v) is 3.75. The molecule has 7 heteroatoms. The summed E-state index contributed by atoms with van der Waals surface area (Å²) in [6.45, 7) is 2.13. The van der Waals surface area contributed by atoms with Gasteiger partial charge in [0.05, 0.1) is 6.61 Å². The topological polar surface area (TPSA) is 46.6 Å². The number of ether oxygens (including phenoxy) is 1. The van der Waals surface area contributed by atoms with Crippen LogP contribution in [0.2, 0.25) is 0 Å². The zero-order valence-corrected chi connectivity index (χ0v) is 13.0. The van der Waals surface area contributed by atoms with Crippen LogP contribution in [0.1, 0.15) is 30.1 Å². The van der Waals surface area contributed by atoms with Crippen molar-refractivity contribution in [2.45, 2.75) is 25.8 Å². The average molecular weight is 362 g/mol. The second kappa shape index (κ2) is 6.51. The van der Waals surface area contributed by atoms with E-state index >= 15 is 0 Å². The third kappa shape index (κ3) is 3.23. The van der Waals surface area contributed by atoms with Crippen LogP contribution in [0.5, 0.6) is 0 Å². The average Bonchev–Trinajstić information content (AvgIpc) is 2.86. The highest BCUT2D eigenvalue weighted by atomic mass is 79.9. The lowest BCUT2D eigenvalue weighted by atomic mass is 10.1. The van der Waals surface area contributed by atoms with Crippen LogP contribution in [0.25, 0.3) is 0 Å². The largest absolute Gasteiger partial charge is 0.464 e. The summed E-state index contributed by atoms with van der Waals surface area (Å²) in [5.74, 6) is -3.28. The summed E-state index contributed by atoms with van der Waals surface area (Å²) in [6, 6.07) is 1.26. The van der Waals surface area contributed by atoms with E-state index < -0.39 is 35.1 Å². The van der Waals surface area contributed by atoms with Crippen molar-refractivity contribution in [2.75, 3.05) is 13.2 Å². The van der Waals surface area contributed by atoms with Gasteiger partial charge in [-0.1, -0.05) is 15.9 Å². The highest BCUT2D eigenvalue weighted by molar-refractivity contribution is 9.10.